The Balaban J connectivity index is 0.000000179. The van der Waals surface area contributed by atoms with Crippen LogP contribution in [-0.4, -0.2) is 24.9 Å². The van der Waals surface area contributed by atoms with Crippen LogP contribution in [0.3, 0.4) is 0 Å². The number of hydrogen-bond donors (Lipinski definition) is 0. The number of hydrogen-bond acceptors (Lipinski definition) is 5. The van der Waals surface area contributed by atoms with Gasteiger partial charge in [0.25, 0.3) is 0 Å². The van der Waals surface area contributed by atoms with Crippen molar-refractivity contribution in [3.8, 4) is 101 Å². The van der Waals surface area contributed by atoms with E-state index in [1.807, 2.05) is 195 Å². The normalized spacial score (nSPS) is 10.7. The molecule has 0 amide bonds. The number of benzene rings is 10. The predicted octanol–water partition coefficient (Wildman–Crippen LogP) is 21.8. The third-order valence-corrected chi connectivity index (χ3v) is 15.1. The van der Waals surface area contributed by atoms with Crippen molar-refractivity contribution in [1.29, 1.82) is 0 Å². The minimum atomic E-state index is -0.387. The Bertz CT molecular complexity index is 4900. The summed E-state index contributed by atoms with van der Waals surface area (Å²) in [6, 6.07) is 103. The van der Waals surface area contributed by atoms with Crippen LogP contribution in [0, 0.1) is 58.0 Å². The zero-order valence-electron chi connectivity index (χ0n) is 57.9. The van der Waals surface area contributed by atoms with Crippen molar-refractivity contribution in [3.63, 3.8) is 0 Å². The fourth-order valence-electron chi connectivity index (χ4n) is 10.4. The van der Waals surface area contributed by atoms with Crippen LogP contribution in [0.25, 0.3) is 112 Å². The maximum Gasteiger partial charge on any atom is 0.0889 e. The monoisotopic (exact) mass is 1960 g/mol. The van der Waals surface area contributed by atoms with Gasteiger partial charge in [-0.3, -0.25) is 9.97 Å². The van der Waals surface area contributed by atoms with Gasteiger partial charge < -0.3 is 15.0 Å². The van der Waals surface area contributed by atoms with Crippen molar-refractivity contribution in [2.24, 2.45) is 0 Å². The molecule has 0 N–H and O–H groups in total. The fourth-order valence-corrected chi connectivity index (χ4v) is 10.4. The van der Waals surface area contributed by atoms with Gasteiger partial charge in [0.05, 0.1) is 18.2 Å². The van der Waals surface area contributed by atoms with Crippen molar-refractivity contribution >= 4 is 10.8 Å². The Morgan fingerprint density at radius 2 is 0.792 bits per heavy atom. The second-order valence-electron chi connectivity index (χ2n) is 21.4. The molecule has 0 saturated heterocycles. The molecule has 0 spiro atoms. The van der Waals surface area contributed by atoms with Crippen LogP contribution in [0.4, 0.5) is 0 Å². The van der Waals surface area contributed by atoms with Gasteiger partial charge in [0.2, 0.25) is 0 Å². The average molecular weight is 1960 g/mol. The van der Waals surface area contributed by atoms with E-state index in [4.69, 9.17) is 6.85 Å². The van der Waals surface area contributed by atoms with Gasteiger partial charge in [-0.2, -0.15) is 24.3 Å². The van der Waals surface area contributed by atoms with E-state index < -0.39 is 0 Å². The van der Waals surface area contributed by atoms with Crippen molar-refractivity contribution in [1.82, 2.24) is 24.9 Å². The molecule has 0 unspecified atom stereocenters. The summed E-state index contributed by atoms with van der Waals surface area (Å²) >= 11 is 0. The summed E-state index contributed by atoms with van der Waals surface area (Å²) in [5.41, 5.74) is 22.2. The first-order valence-electron chi connectivity index (χ1n) is 32.7. The minimum Gasteiger partial charge on any atom is -0.305 e. The van der Waals surface area contributed by atoms with Crippen molar-refractivity contribution in [3.05, 3.63) is 381 Å². The molecule has 0 aliphatic carbocycles. The third-order valence-electron chi connectivity index (χ3n) is 15.1. The smallest absolute Gasteiger partial charge is 0.0889 e. The molecule has 0 aliphatic rings. The van der Waals surface area contributed by atoms with Gasteiger partial charge in [-0.15, -0.1) is 136 Å². The third kappa shape index (κ3) is 20.2. The van der Waals surface area contributed by atoms with Gasteiger partial charge >= 0.3 is 0 Å². The molecule has 0 aliphatic heterocycles. The summed E-state index contributed by atoms with van der Waals surface area (Å²) in [5, 5.41) is 2.17. The summed E-state index contributed by atoms with van der Waals surface area (Å²) in [7, 11) is 0. The second-order valence-corrected chi connectivity index (χ2v) is 21.4. The number of aromatic nitrogens is 5. The molecule has 15 rings (SSSR count). The van der Waals surface area contributed by atoms with Crippen LogP contribution in [0.15, 0.2) is 328 Å². The number of aryl methyl sites for hydroxylation is 4. The second kappa shape index (κ2) is 38.4. The summed E-state index contributed by atoms with van der Waals surface area (Å²) in [5.74, 6) is 0. The molecule has 9 heteroatoms. The Hall–Kier alpha value is -9.19. The molecule has 0 saturated carbocycles. The summed E-state index contributed by atoms with van der Waals surface area (Å²) in [6.07, 6.45) is 9.17. The average Bonchev–Trinajstić information content (AvgIpc) is 0.767. The Kier molecular flexibility index (Phi) is 26.7. The first-order chi connectivity index (χ1) is 47.4. The fraction of sp³-hybridized carbons (Fsp3) is 0.0460. The van der Waals surface area contributed by atoms with E-state index in [2.05, 4.69) is 167 Å². The van der Waals surface area contributed by atoms with E-state index in [9.17, 15) is 0 Å². The van der Waals surface area contributed by atoms with E-state index in [0.717, 1.165) is 72.6 Å². The molecule has 0 fully saturated rings. The Morgan fingerprint density at radius 3 is 1.38 bits per heavy atom. The number of pyridine rings is 5. The predicted molar refractivity (Wildman–Crippen MR) is 381 cm³/mol. The van der Waals surface area contributed by atoms with Crippen molar-refractivity contribution < 1.29 is 87.3 Å². The molecule has 5 nitrogen and oxygen atoms in total. The molecule has 5 aromatic heterocycles. The molecular formula is C87H66Ir4N5-5. The van der Waals surface area contributed by atoms with Crippen LogP contribution >= 0.6 is 0 Å². The first kappa shape index (κ1) is 66.8. The molecule has 10 aromatic carbocycles. The number of rotatable bonds is 9. The minimum absolute atomic E-state index is 0. The quantitative estimate of drug-likeness (QED) is 0.135. The van der Waals surface area contributed by atoms with E-state index >= 15 is 0 Å². The Morgan fingerprint density at radius 1 is 0.292 bits per heavy atom. The van der Waals surface area contributed by atoms with Gasteiger partial charge in [0.15, 0.2) is 0 Å². The summed E-state index contributed by atoms with van der Waals surface area (Å²) in [4.78, 5) is 21.9. The van der Waals surface area contributed by atoms with E-state index in [-0.39, 0.29) is 116 Å². The van der Waals surface area contributed by atoms with Gasteiger partial charge in [-0.25, -0.2) is 11.1 Å². The molecule has 5 heterocycles. The van der Waals surface area contributed by atoms with Gasteiger partial charge in [-0.1, -0.05) is 206 Å². The molecule has 15 aromatic rings. The molecule has 480 valence electrons. The Labute approximate surface area is 626 Å². The molecule has 4 radical (unpaired) electrons. The zero-order chi connectivity index (χ0) is 67.5. The molecule has 96 heavy (non-hydrogen) atoms. The molecular weight excluding hydrogens is 1880 g/mol. The van der Waals surface area contributed by atoms with Crippen molar-refractivity contribution in [2.45, 2.75) is 27.7 Å². The standard InChI is InChI=1S/C23H16.2C18H14N.C17H14N2.C11H8N.4Ir/c1-17-16-20(14-15-21(17)18-8-3-2-4-9-18)23-13-7-11-19-10-5-6-12-22(19)23;1-14-7-5-6-10-17(14)16-11-12-19-18(13-16)15-8-3-2-4-9-15;1-14-13-16(18-9-5-6-12-19-18)10-11-17(14)15-7-3-2-4-8-15;1-13-11-17(16-9-5-6-10-18-16)19-12-15(13)14-7-3-2-4-8-14;1-2-6-10(7-3-1)11-8-4-5-9-12-11;;;;/h2-12,15-16H,1H3;2-8,10-13H,1H3;2-9,11-13H,1H3;2-12H,1H3;1-6,8-9H;;;;/q-2;2*-1;;-1;;;;/i2D,3D,4D,8D,9D;;;;;;;;. The van der Waals surface area contributed by atoms with Gasteiger partial charge in [-0.05, 0) is 95.1 Å². The van der Waals surface area contributed by atoms with E-state index in [0.29, 0.717) is 5.56 Å². The van der Waals surface area contributed by atoms with Crippen LogP contribution < -0.4 is 0 Å². The topological polar surface area (TPSA) is 64.5 Å². The summed E-state index contributed by atoms with van der Waals surface area (Å²) in [6.45, 7) is 8.24. The first-order valence-corrected chi connectivity index (χ1v) is 30.2. The molecule has 0 atom stereocenters. The van der Waals surface area contributed by atoms with Crippen LogP contribution in [-0.2, 0) is 80.4 Å². The maximum atomic E-state index is 8.20. The van der Waals surface area contributed by atoms with Gasteiger partial charge in [0.1, 0.15) is 0 Å². The van der Waals surface area contributed by atoms with Crippen LogP contribution in [0.1, 0.15) is 29.1 Å². The zero-order valence-corrected chi connectivity index (χ0v) is 62.4. The van der Waals surface area contributed by atoms with Crippen molar-refractivity contribution in [2.75, 3.05) is 0 Å². The van der Waals surface area contributed by atoms with Gasteiger partial charge in [0, 0.05) is 117 Å². The van der Waals surface area contributed by atoms with E-state index in [1.165, 1.54) is 50.1 Å². The SMILES string of the molecule is Cc1cc(-c2ccccn2)[c-]cc1-c1ccccc1.Cc1cc(-c2ccccn2)ncc1-c1ccccc1.Cc1ccccc1-c1ccnc(-c2[c-]cccc2)c1.[2H]c1c([2H])c([2H])c(-c2c[c-]c(-c3[c-]ccc4ccccc34)cc2C)c([2H])c1[2H].[Ir].[Ir].[Ir].[Ir].[c-]1ccccc1-c1ccccn1. The molecule has 0 bridgehead atoms. The number of fused-ring (bicyclic) bond motifs is 1. The maximum absolute atomic E-state index is 8.20. The van der Waals surface area contributed by atoms with Crippen LogP contribution in [0.5, 0.6) is 0 Å². The van der Waals surface area contributed by atoms with E-state index in [1.54, 1.807) is 18.5 Å². The largest absolute Gasteiger partial charge is 0.305 e. The number of nitrogens with zero attached hydrogens (tertiary/aromatic N) is 5. The van der Waals surface area contributed by atoms with Crippen LogP contribution in [0.2, 0.25) is 0 Å². The summed E-state index contributed by atoms with van der Waals surface area (Å²) < 4.78 is 40.0.